The van der Waals surface area contributed by atoms with Crippen LogP contribution in [0.5, 0.6) is 0 Å². The Morgan fingerprint density at radius 1 is 1.17 bits per heavy atom. The lowest BCUT2D eigenvalue weighted by atomic mass is 9.98. The molecule has 0 aliphatic carbocycles. The lowest BCUT2D eigenvalue weighted by Crippen LogP contribution is -2.55. The van der Waals surface area contributed by atoms with Gasteiger partial charge in [0, 0.05) is 6.42 Å². The molecule has 2 rings (SSSR count). The molecule has 100 valence electrons. The molecule has 1 aliphatic rings. The lowest BCUT2D eigenvalue weighted by molar-refractivity contribution is 0.113. The second-order valence-electron chi connectivity index (χ2n) is 5.92. The summed E-state index contributed by atoms with van der Waals surface area (Å²) < 4.78 is 0. The first-order valence-electron chi connectivity index (χ1n) is 7.17. The zero-order valence-corrected chi connectivity index (χ0v) is 11.8. The average molecular weight is 246 g/mol. The van der Waals surface area contributed by atoms with E-state index in [-0.39, 0.29) is 5.66 Å². The first kappa shape index (κ1) is 13.6. The van der Waals surface area contributed by atoms with Crippen molar-refractivity contribution in [3.8, 4) is 0 Å². The van der Waals surface area contributed by atoms with Gasteiger partial charge in [0.2, 0.25) is 0 Å². The van der Waals surface area contributed by atoms with Crippen LogP contribution in [0.25, 0.3) is 0 Å². The molecule has 1 heterocycles. The van der Waals surface area contributed by atoms with E-state index in [1.165, 1.54) is 36.8 Å². The van der Waals surface area contributed by atoms with Crippen molar-refractivity contribution in [1.29, 1.82) is 0 Å². The number of rotatable bonds is 3. The molecule has 18 heavy (non-hydrogen) atoms. The Labute approximate surface area is 111 Å². The van der Waals surface area contributed by atoms with Gasteiger partial charge in [0.25, 0.3) is 0 Å². The molecule has 2 nitrogen and oxygen atoms in total. The molecule has 1 atom stereocenters. The van der Waals surface area contributed by atoms with Crippen LogP contribution < -0.4 is 5.73 Å². The quantitative estimate of drug-likeness (QED) is 0.888. The first-order chi connectivity index (χ1) is 8.58. The van der Waals surface area contributed by atoms with E-state index in [1.54, 1.807) is 0 Å². The summed E-state index contributed by atoms with van der Waals surface area (Å²) in [4.78, 5) is 2.47. The van der Waals surface area contributed by atoms with Crippen molar-refractivity contribution in [2.75, 3.05) is 13.1 Å². The maximum absolute atomic E-state index is 6.57. The highest BCUT2D eigenvalue weighted by atomic mass is 15.3. The molecule has 0 amide bonds. The summed E-state index contributed by atoms with van der Waals surface area (Å²) in [5, 5.41) is 0. The SMILES string of the molecule is Cc1cccc(CC(C)(N)N2CCCCCC2)c1. The fourth-order valence-electron chi connectivity index (χ4n) is 2.93. The average Bonchev–Trinajstić information content (AvgIpc) is 2.57. The van der Waals surface area contributed by atoms with Crippen molar-refractivity contribution in [3.05, 3.63) is 35.4 Å². The number of hydrogen-bond donors (Lipinski definition) is 1. The van der Waals surface area contributed by atoms with Gasteiger partial charge in [-0.05, 0) is 45.3 Å². The molecule has 0 saturated carbocycles. The Morgan fingerprint density at radius 2 is 1.83 bits per heavy atom. The van der Waals surface area contributed by atoms with Gasteiger partial charge in [0.05, 0.1) is 5.66 Å². The standard InChI is InChI=1S/C16H26N2/c1-14-8-7-9-15(12-14)13-16(2,17)18-10-5-3-4-6-11-18/h7-9,12H,3-6,10-11,13,17H2,1-2H3. The summed E-state index contributed by atoms with van der Waals surface area (Å²) in [7, 11) is 0. The van der Waals surface area contributed by atoms with Crippen molar-refractivity contribution in [2.45, 2.75) is 51.6 Å². The minimum Gasteiger partial charge on any atom is -0.313 e. The second-order valence-corrected chi connectivity index (χ2v) is 5.92. The summed E-state index contributed by atoms with van der Waals surface area (Å²) in [6.45, 7) is 6.63. The highest BCUT2D eigenvalue weighted by Crippen LogP contribution is 2.20. The van der Waals surface area contributed by atoms with Gasteiger partial charge >= 0.3 is 0 Å². The van der Waals surface area contributed by atoms with Gasteiger partial charge in [-0.25, -0.2) is 0 Å². The smallest absolute Gasteiger partial charge is 0.0699 e. The maximum Gasteiger partial charge on any atom is 0.0699 e. The number of nitrogens with two attached hydrogens (primary N) is 1. The van der Waals surface area contributed by atoms with Crippen LogP contribution in [0.4, 0.5) is 0 Å². The molecular weight excluding hydrogens is 220 g/mol. The number of hydrogen-bond acceptors (Lipinski definition) is 2. The van der Waals surface area contributed by atoms with Crippen molar-refractivity contribution >= 4 is 0 Å². The summed E-state index contributed by atoms with van der Waals surface area (Å²) in [6.07, 6.45) is 6.24. The minimum absolute atomic E-state index is 0.210. The Bertz CT molecular complexity index is 376. The topological polar surface area (TPSA) is 29.3 Å². The van der Waals surface area contributed by atoms with E-state index in [2.05, 4.69) is 43.0 Å². The van der Waals surface area contributed by atoms with Crippen LogP contribution in [-0.2, 0) is 6.42 Å². The number of likely N-dealkylation sites (tertiary alicyclic amines) is 1. The van der Waals surface area contributed by atoms with Crippen molar-refractivity contribution < 1.29 is 0 Å². The molecule has 1 aromatic rings. The van der Waals surface area contributed by atoms with Crippen LogP contribution in [0.3, 0.4) is 0 Å². The number of aryl methyl sites for hydroxylation is 1. The highest BCUT2D eigenvalue weighted by Gasteiger charge is 2.27. The minimum atomic E-state index is -0.210. The molecule has 1 unspecified atom stereocenters. The first-order valence-corrected chi connectivity index (χ1v) is 7.17. The molecular formula is C16H26N2. The van der Waals surface area contributed by atoms with E-state index < -0.39 is 0 Å². The zero-order valence-electron chi connectivity index (χ0n) is 11.8. The largest absolute Gasteiger partial charge is 0.313 e. The Hall–Kier alpha value is -0.860. The molecule has 0 bridgehead atoms. The Morgan fingerprint density at radius 3 is 2.44 bits per heavy atom. The molecule has 0 spiro atoms. The molecule has 2 heteroatoms. The maximum atomic E-state index is 6.57. The van der Waals surface area contributed by atoms with Crippen molar-refractivity contribution in [2.24, 2.45) is 5.73 Å². The Balaban J connectivity index is 2.05. The fourth-order valence-corrected chi connectivity index (χ4v) is 2.93. The summed E-state index contributed by atoms with van der Waals surface area (Å²) in [5.74, 6) is 0. The van der Waals surface area contributed by atoms with Crippen molar-refractivity contribution in [1.82, 2.24) is 4.90 Å². The van der Waals surface area contributed by atoms with Gasteiger partial charge in [-0.1, -0.05) is 42.7 Å². The fraction of sp³-hybridized carbons (Fsp3) is 0.625. The third-order valence-electron chi connectivity index (χ3n) is 3.97. The highest BCUT2D eigenvalue weighted by molar-refractivity contribution is 5.23. The van der Waals surface area contributed by atoms with Gasteiger partial charge in [-0.15, -0.1) is 0 Å². The van der Waals surface area contributed by atoms with Crippen molar-refractivity contribution in [3.63, 3.8) is 0 Å². The van der Waals surface area contributed by atoms with Crippen LogP contribution in [0.15, 0.2) is 24.3 Å². The zero-order chi connectivity index (χ0) is 13.0. The van der Waals surface area contributed by atoms with E-state index in [0.717, 1.165) is 19.5 Å². The summed E-state index contributed by atoms with van der Waals surface area (Å²) in [6, 6.07) is 8.71. The van der Waals surface area contributed by atoms with Gasteiger partial charge in [0.1, 0.15) is 0 Å². The molecule has 0 aromatic heterocycles. The third-order valence-corrected chi connectivity index (χ3v) is 3.97. The van der Waals surface area contributed by atoms with Crippen LogP contribution in [-0.4, -0.2) is 23.7 Å². The Kier molecular flexibility index (Phi) is 4.41. The van der Waals surface area contributed by atoms with Gasteiger partial charge < -0.3 is 5.73 Å². The monoisotopic (exact) mass is 246 g/mol. The van der Waals surface area contributed by atoms with Gasteiger partial charge in [-0.2, -0.15) is 0 Å². The summed E-state index contributed by atoms with van der Waals surface area (Å²) in [5.41, 5.74) is 9.03. The van der Waals surface area contributed by atoms with E-state index in [1.807, 2.05) is 0 Å². The normalized spacial score (nSPS) is 21.3. The molecule has 0 radical (unpaired) electrons. The molecule has 1 aliphatic heterocycles. The molecule has 2 N–H and O–H groups in total. The molecule has 1 saturated heterocycles. The molecule has 1 aromatic carbocycles. The van der Waals surface area contributed by atoms with E-state index in [9.17, 15) is 0 Å². The van der Waals surface area contributed by atoms with Crippen LogP contribution in [0.2, 0.25) is 0 Å². The lowest BCUT2D eigenvalue weighted by Gasteiger charge is -2.38. The van der Waals surface area contributed by atoms with Gasteiger partial charge in [-0.3, -0.25) is 4.90 Å². The van der Waals surface area contributed by atoms with Crippen LogP contribution in [0, 0.1) is 6.92 Å². The van der Waals surface area contributed by atoms with E-state index in [0.29, 0.717) is 0 Å². The van der Waals surface area contributed by atoms with Gasteiger partial charge in [0.15, 0.2) is 0 Å². The predicted octanol–water partition coefficient (Wildman–Crippen LogP) is 3.09. The van der Waals surface area contributed by atoms with E-state index in [4.69, 9.17) is 5.73 Å². The van der Waals surface area contributed by atoms with E-state index >= 15 is 0 Å². The summed E-state index contributed by atoms with van der Waals surface area (Å²) >= 11 is 0. The second kappa shape index (κ2) is 5.85. The number of nitrogens with zero attached hydrogens (tertiary/aromatic N) is 1. The predicted molar refractivity (Wildman–Crippen MR) is 77.5 cm³/mol. The third kappa shape index (κ3) is 3.56. The number of benzene rings is 1. The van der Waals surface area contributed by atoms with Crippen LogP contribution in [0.1, 0.15) is 43.7 Å². The van der Waals surface area contributed by atoms with Crippen LogP contribution >= 0.6 is 0 Å². The molecule has 1 fully saturated rings.